The highest BCUT2D eigenvalue weighted by molar-refractivity contribution is 5.79. The number of tetrazole rings is 1. The SMILES string of the molecule is CCCc1cn(-c2ccccc2C#N)c(=O)n1Cc1ccc(-c2ccncc2-c2nnn[nH]2)cc1. The van der Waals surface area contributed by atoms with Gasteiger partial charge in [-0.3, -0.25) is 14.1 Å². The van der Waals surface area contributed by atoms with Crippen molar-refractivity contribution < 1.29 is 0 Å². The number of H-pyrrole nitrogens is 1. The normalized spacial score (nSPS) is 10.9. The second kappa shape index (κ2) is 9.57. The van der Waals surface area contributed by atoms with Crippen molar-refractivity contribution >= 4 is 0 Å². The van der Waals surface area contributed by atoms with Crippen molar-refractivity contribution in [1.82, 2.24) is 34.7 Å². The summed E-state index contributed by atoms with van der Waals surface area (Å²) in [7, 11) is 0. The standard InChI is InChI=1S/C26H22N8O/c1-2-5-21-17-34(24-7-4-3-6-20(24)14-27)26(35)33(21)16-18-8-10-19(11-9-18)22-12-13-28-15-23(22)25-29-31-32-30-25/h3-4,6-13,15,17H,2,5,16H2,1H3,(H,29,30,31,32). The highest BCUT2D eigenvalue weighted by atomic mass is 16.1. The van der Waals surface area contributed by atoms with Crippen molar-refractivity contribution in [2.24, 2.45) is 0 Å². The van der Waals surface area contributed by atoms with Crippen LogP contribution in [0.3, 0.4) is 0 Å². The molecule has 3 aromatic heterocycles. The Morgan fingerprint density at radius 2 is 1.89 bits per heavy atom. The summed E-state index contributed by atoms with van der Waals surface area (Å²) in [6.45, 7) is 2.52. The van der Waals surface area contributed by atoms with Crippen LogP contribution in [0.2, 0.25) is 0 Å². The van der Waals surface area contributed by atoms with Gasteiger partial charge in [-0.1, -0.05) is 49.7 Å². The summed E-state index contributed by atoms with van der Waals surface area (Å²) in [4.78, 5) is 17.6. The van der Waals surface area contributed by atoms with Crippen LogP contribution in [0.25, 0.3) is 28.2 Å². The van der Waals surface area contributed by atoms with Crippen LogP contribution in [-0.4, -0.2) is 34.7 Å². The van der Waals surface area contributed by atoms with E-state index in [-0.39, 0.29) is 5.69 Å². The molecule has 0 fully saturated rings. The van der Waals surface area contributed by atoms with Crippen LogP contribution in [0.4, 0.5) is 0 Å². The number of para-hydroxylation sites is 1. The van der Waals surface area contributed by atoms with Gasteiger partial charge in [-0.05, 0) is 51.7 Å². The van der Waals surface area contributed by atoms with Crippen LogP contribution in [0.15, 0.2) is 78.0 Å². The number of pyridine rings is 1. The Balaban J connectivity index is 1.49. The fourth-order valence-electron chi connectivity index (χ4n) is 4.18. The molecule has 0 aliphatic rings. The van der Waals surface area contributed by atoms with Gasteiger partial charge in [-0.25, -0.2) is 9.89 Å². The second-order valence-corrected chi connectivity index (χ2v) is 8.11. The van der Waals surface area contributed by atoms with Gasteiger partial charge in [0.25, 0.3) is 0 Å². The molecule has 0 unspecified atom stereocenters. The van der Waals surface area contributed by atoms with Crippen LogP contribution >= 0.6 is 0 Å². The molecule has 5 aromatic rings. The van der Waals surface area contributed by atoms with Gasteiger partial charge in [0.1, 0.15) is 6.07 Å². The first-order chi connectivity index (χ1) is 17.2. The monoisotopic (exact) mass is 462 g/mol. The van der Waals surface area contributed by atoms with Crippen LogP contribution in [-0.2, 0) is 13.0 Å². The summed E-state index contributed by atoms with van der Waals surface area (Å²) in [5.74, 6) is 0.548. The Morgan fingerprint density at radius 3 is 2.63 bits per heavy atom. The molecule has 9 nitrogen and oxygen atoms in total. The highest BCUT2D eigenvalue weighted by Crippen LogP contribution is 2.29. The van der Waals surface area contributed by atoms with Gasteiger partial charge in [0, 0.05) is 29.8 Å². The minimum Gasteiger partial charge on any atom is -0.292 e. The van der Waals surface area contributed by atoms with E-state index in [0.717, 1.165) is 40.8 Å². The zero-order chi connectivity index (χ0) is 24.2. The molecule has 0 saturated heterocycles. The van der Waals surface area contributed by atoms with Gasteiger partial charge >= 0.3 is 5.69 Å². The molecule has 5 rings (SSSR count). The lowest BCUT2D eigenvalue weighted by Gasteiger charge is -2.10. The summed E-state index contributed by atoms with van der Waals surface area (Å²) in [6, 6.07) is 19.3. The number of nitrogens with zero attached hydrogens (tertiary/aromatic N) is 7. The molecule has 2 aromatic carbocycles. The predicted octanol–water partition coefficient (Wildman–Crippen LogP) is 3.75. The molecule has 9 heteroatoms. The van der Waals surface area contributed by atoms with E-state index in [1.54, 1.807) is 39.7 Å². The molecule has 0 aliphatic carbocycles. The number of aromatic nitrogens is 7. The van der Waals surface area contributed by atoms with Crippen LogP contribution in [0, 0.1) is 11.3 Å². The zero-order valence-corrected chi connectivity index (χ0v) is 19.1. The average molecular weight is 463 g/mol. The molecule has 0 spiro atoms. The molecular formula is C26H22N8O. The second-order valence-electron chi connectivity index (χ2n) is 8.11. The lowest BCUT2D eigenvalue weighted by molar-refractivity contribution is 0.691. The Labute approximate surface area is 201 Å². The Kier molecular flexibility index (Phi) is 6.01. The van der Waals surface area contributed by atoms with E-state index < -0.39 is 0 Å². The maximum atomic E-state index is 13.4. The van der Waals surface area contributed by atoms with Crippen molar-refractivity contribution in [2.75, 3.05) is 0 Å². The maximum absolute atomic E-state index is 13.4. The van der Waals surface area contributed by atoms with E-state index in [1.807, 2.05) is 42.6 Å². The number of nitriles is 1. The fraction of sp³-hybridized carbons (Fsp3) is 0.154. The summed E-state index contributed by atoms with van der Waals surface area (Å²) < 4.78 is 3.36. The van der Waals surface area contributed by atoms with E-state index in [4.69, 9.17) is 0 Å². The lowest BCUT2D eigenvalue weighted by atomic mass is 10.00. The number of imidazole rings is 1. The predicted molar refractivity (Wildman–Crippen MR) is 131 cm³/mol. The number of aromatic amines is 1. The third-order valence-electron chi connectivity index (χ3n) is 5.88. The molecule has 0 bridgehead atoms. The van der Waals surface area contributed by atoms with Gasteiger partial charge < -0.3 is 0 Å². The number of benzene rings is 2. The molecule has 0 aliphatic heterocycles. The van der Waals surface area contributed by atoms with Crippen LogP contribution < -0.4 is 5.69 Å². The number of hydrogen-bond acceptors (Lipinski definition) is 6. The minimum atomic E-state index is -0.158. The maximum Gasteiger partial charge on any atom is 0.333 e. The van der Waals surface area contributed by atoms with Gasteiger partial charge in [0.05, 0.1) is 17.8 Å². The van der Waals surface area contributed by atoms with E-state index in [2.05, 4.69) is 38.6 Å². The molecule has 172 valence electrons. The van der Waals surface area contributed by atoms with Crippen molar-refractivity contribution in [1.29, 1.82) is 5.26 Å². The quantitative estimate of drug-likeness (QED) is 0.393. The first-order valence-corrected chi connectivity index (χ1v) is 11.3. The molecular weight excluding hydrogens is 440 g/mol. The van der Waals surface area contributed by atoms with Gasteiger partial charge in [0.2, 0.25) is 0 Å². The van der Waals surface area contributed by atoms with Crippen molar-refractivity contribution in [3.05, 3.63) is 100 Å². The number of nitrogens with one attached hydrogen (secondary N) is 1. The lowest BCUT2D eigenvalue weighted by Crippen LogP contribution is -2.25. The fourth-order valence-corrected chi connectivity index (χ4v) is 4.18. The van der Waals surface area contributed by atoms with Crippen molar-refractivity contribution in [3.63, 3.8) is 0 Å². The molecule has 35 heavy (non-hydrogen) atoms. The number of hydrogen-bond donors (Lipinski definition) is 1. The zero-order valence-electron chi connectivity index (χ0n) is 19.1. The molecule has 3 heterocycles. The third kappa shape index (κ3) is 4.25. The molecule has 0 amide bonds. The summed E-state index contributed by atoms with van der Waals surface area (Å²) in [5, 5.41) is 23.6. The van der Waals surface area contributed by atoms with Crippen molar-refractivity contribution in [2.45, 2.75) is 26.3 Å². The van der Waals surface area contributed by atoms with Gasteiger partial charge in [0.15, 0.2) is 5.82 Å². The largest absolute Gasteiger partial charge is 0.333 e. The Hall–Kier alpha value is -4.84. The van der Waals surface area contributed by atoms with Crippen LogP contribution in [0.1, 0.15) is 30.2 Å². The smallest absolute Gasteiger partial charge is 0.292 e. The first-order valence-electron chi connectivity index (χ1n) is 11.3. The first kappa shape index (κ1) is 22.0. The third-order valence-corrected chi connectivity index (χ3v) is 5.88. The van der Waals surface area contributed by atoms with E-state index in [9.17, 15) is 10.1 Å². The van der Waals surface area contributed by atoms with Gasteiger partial charge in [-0.2, -0.15) is 5.26 Å². The molecule has 1 N–H and O–H groups in total. The summed E-state index contributed by atoms with van der Waals surface area (Å²) in [5.41, 5.74) is 5.58. The van der Waals surface area contributed by atoms with E-state index >= 15 is 0 Å². The topological polar surface area (TPSA) is 118 Å². The molecule has 0 saturated carbocycles. The van der Waals surface area contributed by atoms with Gasteiger partial charge in [-0.15, -0.1) is 5.10 Å². The average Bonchev–Trinajstić information content (AvgIpc) is 3.54. The van der Waals surface area contributed by atoms with E-state index in [0.29, 0.717) is 23.6 Å². The van der Waals surface area contributed by atoms with E-state index in [1.165, 1.54) is 0 Å². The highest BCUT2D eigenvalue weighted by Gasteiger charge is 2.15. The van der Waals surface area contributed by atoms with Crippen LogP contribution in [0.5, 0.6) is 0 Å². The number of rotatable bonds is 7. The molecule has 0 radical (unpaired) electrons. The minimum absolute atomic E-state index is 0.158. The Morgan fingerprint density at radius 1 is 1.06 bits per heavy atom. The molecule has 0 atom stereocenters. The Bertz CT molecular complexity index is 1560. The summed E-state index contributed by atoms with van der Waals surface area (Å²) >= 11 is 0. The number of aryl methyl sites for hydroxylation is 1. The summed E-state index contributed by atoms with van der Waals surface area (Å²) in [6.07, 6.45) is 6.98. The van der Waals surface area contributed by atoms with Crippen molar-refractivity contribution in [3.8, 4) is 34.3 Å².